The minimum Gasteiger partial charge on any atom is -0.478 e. The Labute approximate surface area is 161 Å². The summed E-state index contributed by atoms with van der Waals surface area (Å²) in [6, 6.07) is 6.60. The smallest absolute Gasteiger partial charge is 0.336 e. The molecular formula is C20H22FN3O4. The van der Waals surface area contributed by atoms with E-state index in [1.165, 1.54) is 12.3 Å². The summed E-state index contributed by atoms with van der Waals surface area (Å²) in [4.78, 5) is 15.1. The van der Waals surface area contributed by atoms with E-state index in [4.69, 9.17) is 4.42 Å². The first-order chi connectivity index (χ1) is 13.5. The molecule has 0 saturated carbocycles. The number of hydrogen-bond acceptors (Lipinski definition) is 6. The summed E-state index contributed by atoms with van der Waals surface area (Å²) in [6.07, 6.45) is 1.67. The zero-order valence-corrected chi connectivity index (χ0v) is 15.4. The highest BCUT2D eigenvalue weighted by molar-refractivity contribution is 5.90. The molecule has 1 fully saturated rings. The molecule has 1 saturated heterocycles. The number of nitrogens with one attached hydrogen (secondary N) is 1. The van der Waals surface area contributed by atoms with E-state index in [0.717, 1.165) is 5.76 Å². The molecule has 4 rings (SSSR count). The summed E-state index contributed by atoms with van der Waals surface area (Å²) in [5.41, 5.74) is 1.14. The van der Waals surface area contributed by atoms with Gasteiger partial charge in [0.05, 0.1) is 23.6 Å². The molecular weight excluding hydrogens is 365 g/mol. The highest BCUT2D eigenvalue weighted by Gasteiger charge is 2.32. The normalized spacial score (nSPS) is 22.0. The average Bonchev–Trinajstić information content (AvgIpc) is 3.23. The lowest BCUT2D eigenvalue weighted by atomic mass is 9.95. The van der Waals surface area contributed by atoms with Crippen molar-refractivity contribution in [1.29, 1.82) is 0 Å². The number of hydrogen-bond donors (Lipinski definition) is 3. The number of carbonyl (C=O) groups is 1. The number of nitrogens with zero attached hydrogens (tertiary/aromatic N) is 2. The summed E-state index contributed by atoms with van der Waals surface area (Å²) >= 11 is 0. The van der Waals surface area contributed by atoms with Gasteiger partial charge in [-0.25, -0.2) is 9.18 Å². The lowest BCUT2D eigenvalue weighted by Crippen LogP contribution is -2.46. The van der Waals surface area contributed by atoms with Gasteiger partial charge in [0.15, 0.2) is 0 Å². The van der Waals surface area contributed by atoms with Crippen molar-refractivity contribution in [3.8, 4) is 0 Å². The number of furan rings is 1. The first-order valence-corrected chi connectivity index (χ1v) is 9.24. The monoisotopic (exact) mass is 387 g/mol. The number of aliphatic hydroxyl groups is 1. The average molecular weight is 387 g/mol. The van der Waals surface area contributed by atoms with E-state index in [1.807, 2.05) is 24.0 Å². The number of fused-ring (bicyclic) bond motifs is 1. The van der Waals surface area contributed by atoms with Gasteiger partial charge in [0.1, 0.15) is 17.7 Å². The number of piperazine rings is 1. The third-order valence-corrected chi connectivity index (χ3v) is 5.28. The summed E-state index contributed by atoms with van der Waals surface area (Å²) in [6.45, 7) is 4.20. The molecule has 0 amide bonds. The van der Waals surface area contributed by atoms with Gasteiger partial charge in [-0.1, -0.05) is 0 Å². The SMILES string of the molecule is CCN1C=C(C(=O)O)C(O)c2cc(F)c(N3CCNC(c4ccco4)C3)cc21. The number of carboxylic acids is 1. The standard InChI is InChI=1S/C20H22FN3O4/c1-2-23-10-13(20(26)27)19(25)12-8-14(21)17(9-16(12)23)24-6-5-22-15(11-24)18-4-3-7-28-18/h3-4,7-10,15,19,22,25H,2,5-6,11H2,1H3,(H,26,27). The third kappa shape index (κ3) is 3.14. The van der Waals surface area contributed by atoms with E-state index in [1.54, 1.807) is 17.2 Å². The molecule has 2 atom stereocenters. The Balaban J connectivity index is 1.69. The van der Waals surface area contributed by atoms with E-state index in [-0.39, 0.29) is 17.2 Å². The predicted octanol–water partition coefficient (Wildman–Crippen LogP) is 2.41. The summed E-state index contributed by atoms with van der Waals surface area (Å²) in [5, 5.41) is 23.1. The van der Waals surface area contributed by atoms with Crippen molar-refractivity contribution in [3.63, 3.8) is 0 Å². The molecule has 148 valence electrons. The van der Waals surface area contributed by atoms with Crippen LogP contribution in [0.3, 0.4) is 0 Å². The van der Waals surface area contributed by atoms with Crippen LogP contribution < -0.4 is 15.1 Å². The Morgan fingerprint density at radius 1 is 1.39 bits per heavy atom. The highest BCUT2D eigenvalue weighted by atomic mass is 19.1. The van der Waals surface area contributed by atoms with Gasteiger partial charge in [-0.2, -0.15) is 0 Å². The fourth-order valence-corrected chi connectivity index (χ4v) is 3.83. The minimum absolute atomic E-state index is 0.0504. The molecule has 0 bridgehead atoms. The number of carboxylic acid groups (broad SMARTS) is 1. The number of aliphatic carboxylic acids is 1. The summed E-state index contributed by atoms with van der Waals surface area (Å²) in [5.74, 6) is -0.909. The van der Waals surface area contributed by atoms with E-state index in [0.29, 0.717) is 37.6 Å². The largest absolute Gasteiger partial charge is 0.478 e. The van der Waals surface area contributed by atoms with Gasteiger partial charge in [0, 0.05) is 43.6 Å². The fourth-order valence-electron chi connectivity index (χ4n) is 3.83. The zero-order chi connectivity index (χ0) is 19.8. The zero-order valence-electron chi connectivity index (χ0n) is 15.4. The van der Waals surface area contributed by atoms with Crippen molar-refractivity contribution in [3.05, 3.63) is 59.4 Å². The molecule has 2 aromatic rings. The molecule has 8 heteroatoms. The van der Waals surface area contributed by atoms with Crippen molar-refractivity contribution in [2.75, 3.05) is 36.0 Å². The molecule has 2 unspecified atom stereocenters. The van der Waals surface area contributed by atoms with Crippen molar-refractivity contribution >= 4 is 17.3 Å². The van der Waals surface area contributed by atoms with E-state index < -0.39 is 17.9 Å². The van der Waals surface area contributed by atoms with Crippen molar-refractivity contribution in [2.24, 2.45) is 0 Å². The van der Waals surface area contributed by atoms with E-state index in [9.17, 15) is 19.4 Å². The van der Waals surface area contributed by atoms with Crippen molar-refractivity contribution in [1.82, 2.24) is 5.32 Å². The molecule has 2 aliphatic rings. The minimum atomic E-state index is -1.36. The van der Waals surface area contributed by atoms with Gasteiger partial charge in [-0.3, -0.25) is 0 Å². The van der Waals surface area contributed by atoms with Gasteiger partial charge in [0.2, 0.25) is 0 Å². The number of rotatable bonds is 4. The van der Waals surface area contributed by atoms with Crippen LogP contribution in [0.2, 0.25) is 0 Å². The molecule has 7 nitrogen and oxygen atoms in total. The topological polar surface area (TPSA) is 89.2 Å². The summed E-state index contributed by atoms with van der Waals surface area (Å²) in [7, 11) is 0. The lowest BCUT2D eigenvalue weighted by molar-refractivity contribution is -0.133. The maximum Gasteiger partial charge on any atom is 0.336 e. The van der Waals surface area contributed by atoms with Crippen LogP contribution in [0.1, 0.15) is 30.4 Å². The lowest BCUT2D eigenvalue weighted by Gasteiger charge is -2.36. The molecule has 1 aromatic heterocycles. The first-order valence-electron chi connectivity index (χ1n) is 9.24. The molecule has 0 aliphatic carbocycles. The molecule has 3 heterocycles. The van der Waals surface area contributed by atoms with E-state index >= 15 is 0 Å². The van der Waals surface area contributed by atoms with Crippen LogP contribution in [0, 0.1) is 5.82 Å². The Kier molecular flexibility index (Phi) is 4.82. The maximum atomic E-state index is 15.0. The molecule has 0 spiro atoms. The number of anilines is 2. The van der Waals surface area contributed by atoms with Crippen LogP contribution in [-0.2, 0) is 4.79 Å². The maximum absolute atomic E-state index is 15.0. The van der Waals surface area contributed by atoms with Gasteiger partial charge < -0.3 is 29.7 Å². The van der Waals surface area contributed by atoms with Crippen LogP contribution in [-0.4, -0.2) is 42.4 Å². The number of aliphatic hydroxyl groups excluding tert-OH is 1. The molecule has 28 heavy (non-hydrogen) atoms. The van der Waals surface area contributed by atoms with E-state index in [2.05, 4.69) is 5.32 Å². The van der Waals surface area contributed by atoms with Crippen LogP contribution in [0.15, 0.2) is 46.7 Å². The summed E-state index contributed by atoms with van der Waals surface area (Å²) < 4.78 is 20.5. The number of halogens is 1. The second-order valence-electron chi connectivity index (χ2n) is 6.91. The molecule has 3 N–H and O–H groups in total. The molecule has 1 aromatic carbocycles. The van der Waals surface area contributed by atoms with Gasteiger partial charge in [-0.15, -0.1) is 0 Å². The van der Waals surface area contributed by atoms with Gasteiger partial charge in [0.25, 0.3) is 0 Å². The molecule has 0 radical (unpaired) electrons. The Morgan fingerprint density at radius 3 is 2.89 bits per heavy atom. The fraction of sp³-hybridized carbons (Fsp3) is 0.350. The number of benzene rings is 1. The third-order valence-electron chi connectivity index (χ3n) is 5.28. The van der Waals surface area contributed by atoms with Crippen LogP contribution in [0.4, 0.5) is 15.8 Å². The Morgan fingerprint density at radius 2 is 2.21 bits per heavy atom. The predicted molar refractivity (Wildman–Crippen MR) is 102 cm³/mol. The van der Waals surface area contributed by atoms with Crippen molar-refractivity contribution in [2.45, 2.75) is 19.1 Å². The Bertz CT molecular complexity index is 912. The first kappa shape index (κ1) is 18.5. The van der Waals surface area contributed by atoms with Crippen molar-refractivity contribution < 1.29 is 23.8 Å². The highest BCUT2D eigenvalue weighted by Crippen LogP contribution is 2.40. The second-order valence-corrected chi connectivity index (χ2v) is 6.91. The van der Waals surface area contributed by atoms with Crippen LogP contribution in [0.25, 0.3) is 0 Å². The van der Waals surface area contributed by atoms with Crippen LogP contribution in [0.5, 0.6) is 0 Å². The van der Waals surface area contributed by atoms with Gasteiger partial charge >= 0.3 is 5.97 Å². The molecule has 2 aliphatic heterocycles. The van der Waals surface area contributed by atoms with Crippen LogP contribution >= 0.6 is 0 Å². The Hall–Kier alpha value is -2.84. The second kappa shape index (κ2) is 7.29. The van der Waals surface area contributed by atoms with Gasteiger partial charge in [-0.05, 0) is 31.2 Å². The quantitative estimate of drug-likeness (QED) is 0.742.